The number of likely N-dealkylation sites (tertiary alicyclic amines) is 1. The van der Waals surface area contributed by atoms with Crippen molar-refractivity contribution >= 4 is 12.3 Å². The van der Waals surface area contributed by atoms with Crippen LogP contribution in [0.2, 0.25) is 0 Å². The minimum absolute atomic E-state index is 0.0788. The fourth-order valence-electron chi connectivity index (χ4n) is 5.25. The van der Waals surface area contributed by atoms with Crippen LogP contribution in [0.1, 0.15) is 51.4 Å². The van der Waals surface area contributed by atoms with Crippen molar-refractivity contribution in [1.82, 2.24) is 9.80 Å². The fourth-order valence-corrected chi connectivity index (χ4v) is 5.25. The van der Waals surface area contributed by atoms with Gasteiger partial charge in [0.15, 0.2) is 0 Å². The first-order valence-electron chi connectivity index (χ1n) is 8.95. The first-order chi connectivity index (χ1) is 10.5. The molecule has 2 aliphatic carbocycles. The zero-order valence-electron chi connectivity index (χ0n) is 14.1. The Labute approximate surface area is 134 Å². The van der Waals surface area contributed by atoms with Gasteiger partial charge in [-0.3, -0.25) is 0 Å². The van der Waals surface area contributed by atoms with E-state index < -0.39 is 0 Å². The second kappa shape index (κ2) is 6.21. The van der Waals surface area contributed by atoms with Crippen molar-refractivity contribution in [2.24, 2.45) is 23.2 Å². The van der Waals surface area contributed by atoms with Gasteiger partial charge in [0.25, 0.3) is 0 Å². The summed E-state index contributed by atoms with van der Waals surface area (Å²) in [6.45, 7) is 1.70. The van der Waals surface area contributed by atoms with E-state index in [1.54, 1.807) is 4.90 Å². The van der Waals surface area contributed by atoms with Gasteiger partial charge in [-0.15, -0.1) is 0 Å². The van der Waals surface area contributed by atoms with Gasteiger partial charge in [-0.1, -0.05) is 32.1 Å². The van der Waals surface area contributed by atoms with E-state index in [9.17, 15) is 9.59 Å². The van der Waals surface area contributed by atoms with E-state index in [2.05, 4.69) is 0 Å². The maximum atomic E-state index is 12.1. The maximum absolute atomic E-state index is 12.1. The third-order valence-electron chi connectivity index (χ3n) is 6.24. The Bertz CT molecular complexity index is 415. The molecule has 0 radical (unpaired) electrons. The molecule has 1 heterocycles. The summed E-state index contributed by atoms with van der Waals surface area (Å²) >= 11 is 0. The summed E-state index contributed by atoms with van der Waals surface area (Å²) < 4.78 is 0. The summed E-state index contributed by atoms with van der Waals surface area (Å²) in [5.74, 6) is 1.84. The van der Waals surface area contributed by atoms with Crippen LogP contribution in [-0.4, -0.2) is 49.3 Å². The molecule has 0 aromatic carbocycles. The predicted octanol–water partition coefficient (Wildman–Crippen LogP) is 3.17. The first kappa shape index (κ1) is 15.8. The molecule has 2 saturated carbocycles. The van der Waals surface area contributed by atoms with Crippen LogP contribution in [0, 0.1) is 23.2 Å². The number of hydrogen-bond acceptors (Lipinski definition) is 2. The molecule has 0 spiro atoms. The van der Waals surface area contributed by atoms with Gasteiger partial charge in [-0.05, 0) is 37.0 Å². The summed E-state index contributed by atoms with van der Waals surface area (Å²) in [5.41, 5.74) is -0.0788. The van der Waals surface area contributed by atoms with E-state index in [1.165, 1.54) is 38.4 Å². The van der Waals surface area contributed by atoms with Crippen LogP contribution in [0.15, 0.2) is 0 Å². The molecule has 3 fully saturated rings. The van der Waals surface area contributed by atoms with E-state index in [0.717, 1.165) is 38.3 Å². The molecule has 3 aliphatic rings. The number of aldehydes is 1. The summed E-state index contributed by atoms with van der Waals surface area (Å²) in [6.07, 6.45) is 11.1. The largest absolute Gasteiger partial charge is 0.331 e. The molecule has 1 aliphatic heterocycles. The zero-order chi connectivity index (χ0) is 15.7. The van der Waals surface area contributed by atoms with Crippen LogP contribution in [0.5, 0.6) is 0 Å². The summed E-state index contributed by atoms with van der Waals surface area (Å²) in [5, 5.41) is 0. The quantitative estimate of drug-likeness (QED) is 0.751. The SMILES string of the molecule is CN(C)C(=O)N1C[C@@H]2C[C@@](C=O)(CC3CCCCC3)C[C@@H]2C1. The van der Waals surface area contributed by atoms with Crippen molar-refractivity contribution in [3.8, 4) is 0 Å². The highest BCUT2D eigenvalue weighted by molar-refractivity contribution is 5.74. The molecule has 0 aromatic heterocycles. The van der Waals surface area contributed by atoms with Crippen LogP contribution >= 0.6 is 0 Å². The van der Waals surface area contributed by atoms with Gasteiger partial charge in [0, 0.05) is 32.6 Å². The van der Waals surface area contributed by atoms with Crippen LogP contribution in [-0.2, 0) is 4.79 Å². The molecule has 1 saturated heterocycles. The van der Waals surface area contributed by atoms with Crippen molar-refractivity contribution in [3.63, 3.8) is 0 Å². The lowest BCUT2D eigenvalue weighted by molar-refractivity contribution is -0.117. The van der Waals surface area contributed by atoms with E-state index in [1.807, 2.05) is 19.0 Å². The molecular formula is C18H30N2O2. The molecule has 124 valence electrons. The summed E-state index contributed by atoms with van der Waals surface area (Å²) in [6, 6.07) is 0.124. The molecule has 4 nitrogen and oxygen atoms in total. The van der Waals surface area contributed by atoms with Crippen molar-refractivity contribution < 1.29 is 9.59 Å². The highest BCUT2D eigenvalue weighted by atomic mass is 16.2. The van der Waals surface area contributed by atoms with Crippen LogP contribution in [0.3, 0.4) is 0 Å². The number of nitrogens with zero attached hydrogens (tertiary/aromatic N) is 2. The Morgan fingerprint density at radius 1 is 1.14 bits per heavy atom. The van der Waals surface area contributed by atoms with Crippen molar-refractivity contribution in [1.29, 1.82) is 0 Å². The monoisotopic (exact) mass is 306 g/mol. The zero-order valence-corrected chi connectivity index (χ0v) is 14.1. The van der Waals surface area contributed by atoms with Gasteiger partial charge >= 0.3 is 6.03 Å². The van der Waals surface area contributed by atoms with Gasteiger partial charge in [0.05, 0.1) is 0 Å². The van der Waals surface area contributed by atoms with Crippen LogP contribution in [0.4, 0.5) is 4.79 Å². The summed E-state index contributed by atoms with van der Waals surface area (Å²) in [7, 11) is 3.63. The highest BCUT2D eigenvalue weighted by Gasteiger charge is 2.50. The minimum atomic E-state index is -0.0788. The molecule has 0 aromatic rings. The van der Waals surface area contributed by atoms with Crippen molar-refractivity contribution in [3.05, 3.63) is 0 Å². The number of hydrogen-bond donors (Lipinski definition) is 0. The number of urea groups is 1. The predicted molar refractivity (Wildman–Crippen MR) is 86.6 cm³/mol. The molecule has 0 bridgehead atoms. The third-order valence-corrected chi connectivity index (χ3v) is 6.24. The van der Waals surface area contributed by atoms with E-state index in [-0.39, 0.29) is 11.4 Å². The average Bonchev–Trinajstić information content (AvgIpc) is 3.03. The molecule has 0 unspecified atom stereocenters. The lowest BCUT2D eigenvalue weighted by atomic mass is 9.73. The van der Waals surface area contributed by atoms with Gasteiger partial charge in [0.1, 0.15) is 6.29 Å². The standard InChI is InChI=1S/C18H30N2O2/c1-19(2)17(22)20-11-15-9-18(13-21,10-16(15)12-20)8-14-6-4-3-5-7-14/h13-16H,3-12H2,1-2H3/t15-,16+,18-. The minimum Gasteiger partial charge on any atom is -0.331 e. The topological polar surface area (TPSA) is 40.6 Å². The lowest BCUT2D eigenvalue weighted by Crippen LogP contribution is -2.39. The fraction of sp³-hybridized carbons (Fsp3) is 0.889. The molecule has 0 N–H and O–H groups in total. The Balaban J connectivity index is 1.60. The number of rotatable bonds is 3. The lowest BCUT2D eigenvalue weighted by Gasteiger charge is -2.32. The van der Waals surface area contributed by atoms with Crippen LogP contribution < -0.4 is 0 Å². The molecular weight excluding hydrogens is 276 g/mol. The van der Waals surface area contributed by atoms with Crippen molar-refractivity contribution in [2.45, 2.75) is 51.4 Å². The molecule has 22 heavy (non-hydrogen) atoms. The molecule has 4 heteroatoms. The second-order valence-electron chi connectivity index (χ2n) is 8.20. The maximum Gasteiger partial charge on any atom is 0.319 e. The van der Waals surface area contributed by atoms with E-state index in [0.29, 0.717) is 11.8 Å². The Morgan fingerprint density at radius 2 is 1.73 bits per heavy atom. The average molecular weight is 306 g/mol. The van der Waals surface area contributed by atoms with Gasteiger partial charge in [0.2, 0.25) is 0 Å². The first-order valence-corrected chi connectivity index (χ1v) is 8.95. The normalized spacial score (nSPS) is 35.5. The number of carbonyl (C=O) groups is 2. The third kappa shape index (κ3) is 3.02. The van der Waals surface area contributed by atoms with Gasteiger partial charge in [-0.2, -0.15) is 0 Å². The van der Waals surface area contributed by atoms with E-state index in [4.69, 9.17) is 0 Å². The number of fused-ring (bicyclic) bond motifs is 1. The second-order valence-corrected chi connectivity index (χ2v) is 8.20. The smallest absolute Gasteiger partial charge is 0.319 e. The Hall–Kier alpha value is -1.06. The molecule has 2 amide bonds. The number of carbonyl (C=O) groups excluding carboxylic acids is 2. The highest BCUT2D eigenvalue weighted by Crippen LogP contribution is 2.52. The molecule has 3 atom stereocenters. The van der Waals surface area contributed by atoms with E-state index >= 15 is 0 Å². The summed E-state index contributed by atoms with van der Waals surface area (Å²) in [4.78, 5) is 27.6. The Kier molecular flexibility index (Phi) is 4.47. The van der Waals surface area contributed by atoms with Crippen molar-refractivity contribution in [2.75, 3.05) is 27.2 Å². The van der Waals surface area contributed by atoms with Gasteiger partial charge in [-0.25, -0.2) is 4.79 Å². The van der Waals surface area contributed by atoms with Crippen LogP contribution in [0.25, 0.3) is 0 Å². The molecule has 3 rings (SSSR count). The van der Waals surface area contributed by atoms with Gasteiger partial charge < -0.3 is 14.6 Å². The Morgan fingerprint density at radius 3 is 2.23 bits per heavy atom. The number of amides is 2.